The fraction of sp³-hybridized carbons (Fsp3) is 0.167. The van der Waals surface area contributed by atoms with Crippen LogP contribution in [0.4, 0.5) is 5.82 Å². The van der Waals surface area contributed by atoms with Crippen LogP contribution in [0.25, 0.3) is 11.3 Å². The third kappa shape index (κ3) is 4.29. The maximum absolute atomic E-state index is 12.0. The molecule has 5 nitrogen and oxygen atoms in total. The maximum atomic E-state index is 12.0. The molecule has 0 atom stereocenters. The van der Waals surface area contributed by atoms with Crippen molar-refractivity contribution in [3.63, 3.8) is 0 Å². The zero-order chi connectivity index (χ0) is 16.9. The average molecular weight is 386 g/mol. The van der Waals surface area contributed by atoms with E-state index in [9.17, 15) is 4.79 Å². The van der Waals surface area contributed by atoms with Crippen LogP contribution in [-0.4, -0.2) is 15.9 Å². The lowest BCUT2D eigenvalue weighted by atomic mass is 10.1. The third-order valence-electron chi connectivity index (χ3n) is 3.45. The van der Waals surface area contributed by atoms with Gasteiger partial charge in [0.15, 0.2) is 11.7 Å². The van der Waals surface area contributed by atoms with Crippen LogP contribution in [-0.2, 0) is 11.2 Å². The molecule has 1 amide bonds. The summed E-state index contributed by atoms with van der Waals surface area (Å²) in [5.41, 5.74) is 2.17. The number of amides is 1. The van der Waals surface area contributed by atoms with Crippen LogP contribution in [0.2, 0.25) is 0 Å². The van der Waals surface area contributed by atoms with E-state index in [-0.39, 0.29) is 12.3 Å². The second kappa shape index (κ2) is 7.40. The van der Waals surface area contributed by atoms with Gasteiger partial charge >= 0.3 is 0 Å². The van der Waals surface area contributed by atoms with Crippen LogP contribution in [0.15, 0.2) is 57.7 Å². The number of halogens is 1. The molecular formula is C18H16BrN3O2. The molecule has 1 aromatic carbocycles. The number of hydrogen-bond acceptors (Lipinski definition) is 4. The number of aryl methyl sites for hydroxylation is 2. The molecule has 6 heteroatoms. The highest BCUT2D eigenvalue weighted by atomic mass is 79.9. The molecule has 0 fully saturated rings. The minimum absolute atomic E-state index is 0.125. The van der Waals surface area contributed by atoms with Gasteiger partial charge in [-0.2, -0.15) is 0 Å². The van der Waals surface area contributed by atoms with Gasteiger partial charge in [0.2, 0.25) is 5.91 Å². The number of carbonyl (C=O) groups excluding carboxylic acids is 1. The maximum Gasteiger partial charge on any atom is 0.226 e. The number of nitrogens with zero attached hydrogens (tertiary/aromatic N) is 2. The molecule has 24 heavy (non-hydrogen) atoms. The summed E-state index contributed by atoms with van der Waals surface area (Å²) in [5, 5.41) is 2.74. The molecule has 3 rings (SSSR count). The summed E-state index contributed by atoms with van der Waals surface area (Å²) in [6.07, 6.45) is 4.05. The quantitative estimate of drug-likeness (QED) is 0.707. The van der Waals surface area contributed by atoms with E-state index in [4.69, 9.17) is 4.42 Å². The smallest absolute Gasteiger partial charge is 0.226 e. The lowest BCUT2D eigenvalue weighted by Crippen LogP contribution is -2.13. The molecule has 0 saturated carbocycles. The number of aromatic nitrogens is 2. The number of hydrogen-bond donors (Lipinski definition) is 1. The average Bonchev–Trinajstić information content (AvgIpc) is 3.05. The fourth-order valence-electron chi connectivity index (χ4n) is 2.15. The molecule has 0 aliphatic rings. The first kappa shape index (κ1) is 16.4. The van der Waals surface area contributed by atoms with Gasteiger partial charge in [0.1, 0.15) is 5.82 Å². The van der Waals surface area contributed by atoms with Crippen LogP contribution in [0.5, 0.6) is 0 Å². The lowest BCUT2D eigenvalue weighted by Gasteiger charge is -2.03. The highest BCUT2D eigenvalue weighted by Crippen LogP contribution is 2.21. The predicted octanol–water partition coefficient (Wildman–Crippen LogP) is 4.38. The van der Waals surface area contributed by atoms with Gasteiger partial charge in [0.05, 0.1) is 6.20 Å². The second-order valence-electron chi connectivity index (χ2n) is 5.39. The summed E-state index contributed by atoms with van der Waals surface area (Å²) in [6.45, 7) is 2.04. The van der Waals surface area contributed by atoms with Gasteiger partial charge in [-0.3, -0.25) is 4.79 Å². The van der Waals surface area contributed by atoms with Crippen LogP contribution in [0.1, 0.15) is 17.9 Å². The SMILES string of the molecule is Cc1ccc(-c2cnc(CCC(=O)Nc3ccc(Br)cn3)o2)cc1. The van der Waals surface area contributed by atoms with Crippen molar-refractivity contribution in [2.75, 3.05) is 5.32 Å². The van der Waals surface area contributed by atoms with Gasteiger partial charge in [-0.05, 0) is 35.0 Å². The van der Waals surface area contributed by atoms with Crippen molar-refractivity contribution in [1.29, 1.82) is 0 Å². The number of oxazole rings is 1. The van der Waals surface area contributed by atoms with E-state index in [0.717, 1.165) is 10.0 Å². The van der Waals surface area contributed by atoms with Crippen molar-refractivity contribution >= 4 is 27.7 Å². The van der Waals surface area contributed by atoms with E-state index in [1.54, 1.807) is 18.5 Å². The molecule has 0 spiro atoms. The summed E-state index contributed by atoms with van der Waals surface area (Å²) in [4.78, 5) is 20.3. The molecule has 0 radical (unpaired) electrons. The molecule has 2 aromatic heterocycles. The molecule has 3 aromatic rings. The first-order valence-electron chi connectivity index (χ1n) is 7.53. The molecule has 0 unspecified atom stereocenters. The minimum Gasteiger partial charge on any atom is -0.441 e. The van der Waals surface area contributed by atoms with Gasteiger partial charge in [-0.1, -0.05) is 29.8 Å². The second-order valence-corrected chi connectivity index (χ2v) is 6.31. The summed E-state index contributed by atoms with van der Waals surface area (Å²) in [6, 6.07) is 11.6. The van der Waals surface area contributed by atoms with Crippen molar-refractivity contribution in [2.24, 2.45) is 0 Å². The normalized spacial score (nSPS) is 10.6. The van der Waals surface area contributed by atoms with Crippen LogP contribution in [0, 0.1) is 6.92 Å². The zero-order valence-electron chi connectivity index (χ0n) is 13.1. The highest BCUT2D eigenvalue weighted by Gasteiger charge is 2.09. The Kier molecular flexibility index (Phi) is 5.05. The molecule has 122 valence electrons. The van der Waals surface area contributed by atoms with E-state index in [1.807, 2.05) is 37.3 Å². The molecule has 0 bridgehead atoms. The molecular weight excluding hydrogens is 370 g/mol. The topological polar surface area (TPSA) is 68.0 Å². The van der Waals surface area contributed by atoms with Gasteiger partial charge in [-0.15, -0.1) is 0 Å². The van der Waals surface area contributed by atoms with Crippen molar-refractivity contribution < 1.29 is 9.21 Å². The third-order valence-corrected chi connectivity index (χ3v) is 3.92. The molecule has 1 N–H and O–H groups in total. The van der Waals surface area contributed by atoms with E-state index < -0.39 is 0 Å². The van der Waals surface area contributed by atoms with Crippen molar-refractivity contribution in [3.8, 4) is 11.3 Å². The molecule has 0 aliphatic carbocycles. The van der Waals surface area contributed by atoms with Gasteiger partial charge < -0.3 is 9.73 Å². The Bertz CT molecular complexity index is 826. The monoisotopic (exact) mass is 385 g/mol. The summed E-state index contributed by atoms with van der Waals surface area (Å²) in [7, 11) is 0. The van der Waals surface area contributed by atoms with Crippen molar-refractivity contribution in [2.45, 2.75) is 19.8 Å². The number of anilines is 1. The summed E-state index contributed by atoms with van der Waals surface area (Å²) in [5.74, 6) is 1.65. The largest absolute Gasteiger partial charge is 0.441 e. The van der Waals surface area contributed by atoms with E-state index in [1.165, 1.54) is 5.56 Å². The Balaban J connectivity index is 1.56. The van der Waals surface area contributed by atoms with Gasteiger partial charge in [0, 0.05) is 29.1 Å². The first-order valence-corrected chi connectivity index (χ1v) is 8.32. The van der Waals surface area contributed by atoms with E-state index in [0.29, 0.717) is 23.9 Å². The number of benzene rings is 1. The Morgan fingerprint density at radius 3 is 2.62 bits per heavy atom. The Labute approximate surface area is 148 Å². The lowest BCUT2D eigenvalue weighted by molar-refractivity contribution is -0.116. The zero-order valence-corrected chi connectivity index (χ0v) is 14.7. The van der Waals surface area contributed by atoms with Crippen LogP contribution in [0.3, 0.4) is 0 Å². The molecule has 0 aliphatic heterocycles. The van der Waals surface area contributed by atoms with Crippen molar-refractivity contribution in [3.05, 3.63) is 64.7 Å². The van der Waals surface area contributed by atoms with Gasteiger partial charge in [-0.25, -0.2) is 9.97 Å². The van der Waals surface area contributed by atoms with E-state index >= 15 is 0 Å². The number of carbonyl (C=O) groups is 1. The Morgan fingerprint density at radius 2 is 1.92 bits per heavy atom. The van der Waals surface area contributed by atoms with Gasteiger partial charge in [0.25, 0.3) is 0 Å². The first-order chi connectivity index (χ1) is 11.6. The number of pyridine rings is 1. The molecule has 2 heterocycles. The van der Waals surface area contributed by atoms with Crippen molar-refractivity contribution in [1.82, 2.24) is 9.97 Å². The highest BCUT2D eigenvalue weighted by molar-refractivity contribution is 9.10. The Hall–Kier alpha value is -2.47. The van der Waals surface area contributed by atoms with Crippen LogP contribution >= 0.6 is 15.9 Å². The summed E-state index contributed by atoms with van der Waals surface area (Å²) >= 11 is 3.30. The van der Waals surface area contributed by atoms with Crippen LogP contribution < -0.4 is 5.32 Å². The standard InChI is InChI=1S/C18H16BrN3O2/c1-12-2-4-13(5-3-12)15-11-21-18(24-15)9-8-17(23)22-16-7-6-14(19)10-20-16/h2-7,10-11H,8-9H2,1H3,(H,20,22,23). The predicted molar refractivity (Wildman–Crippen MR) is 95.6 cm³/mol. The minimum atomic E-state index is -0.125. The number of rotatable bonds is 5. The molecule has 0 saturated heterocycles. The van der Waals surface area contributed by atoms with E-state index in [2.05, 4.69) is 31.2 Å². The fourth-order valence-corrected chi connectivity index (χ4v) is 2.39. The number of nitrogens with one attached hydrogen (secondary N) is 1. The summed E-state index contributed by atoms with van der Waals surface area (Å²) < 4.78 is 6.58. The Morgan fingerprint density at radius 1 is 1.12 bits per heavy atom.